The summed E-state index contributed by atoms with van der Waals surface area (Å²) >= 11 is 0. The standard InChI is InChI=1S/C18H17F3N4O2/c1-8-3-9(2)17(23-5-8)24-15-11(4-12(19)13(20)14(15)21)18(27)25-6-10(7-25)16(22)26/h3-5,10H,6-7H2,1-2H3,(H2,22,26)(H,23,24). The van der Waals surface area contributed by atoms with E-state index in [1.54, 1.807) is 13.0 Å². The van der Waals surface area contributed by atoms with Crippen LogP contribution in [0.2, 0.25) is 0 Å². The maximum atomic E-state index is 14.4. The van der Waals surface area contributed by atoms with Gasteiger partial charge in [-0.05, 0) is 31.0 Å². The van der Waals surface area contributed by atoms with E-state index < -0.39 is 46.4 Å². The van der Waals surface area contributed by atoms with Gasteiger partial charge < -0.3 is 16.0 Å². The fourth-order valence-corrected chi connectivity index (χ4v) is 2.85. The third-order valence-electron chi connectivity index (χ3n) is 4.42. The quantitative estimate of drug-likeness (QED) is 0.800. The number of hydrogen-bond acceptors (Lipinski definition) is 4. The first-order valence-electron chi connectivity index (χ1n) is 8.15. The zero-order valence-electron chi connectivity index (χ0n) is 14.6. The molecular formula is C18H17F3N4O2. The molecule has 1 aliphatic rings. The van der Waals surface area contributed by atoms with Crippen LogP contribution in [-0.2, 0) is 4.79 Å². The predicted molar refractivity (Wildman–Crippen MR) is 91.9 cm³/mol. The van der Waals surface area contributed by atoms with E-state index in [9.17, 15) is 22.8 Å². The van der Waals surface area contributed by atoms with Crippen LogP contribution >= 0.6 is 0 Å². The van der Waals surface area contributed by atoms with Crippen molar-refractivity contribution in [3.8, 4) is 0 Å². The summed E-state index contributed by atoms with van der Waals surface area (Å²) in [7, 11) is 0. The number of aryl methyl sites for hydroxylation is 2. The fraction of sp³-hybridized carbons (Fsp3) is 0.278. The van der Waals surface area contributed by atoms with Crippen LogP contribution < -0.4 is 11.1 Å². The van der Waals surface area contributed by atoms with Gasteiger partial charge in [0.15, 0.2) is 17.5 Å². The molecule has 1 aromatic carbocycles. The predicted octanol–water partition coefficient (Wildman–Crippen LogP) is 2.42. The molecule has 0 bridgehead atoms. The second-order valence-electron chi connectivity index (χ2n) is 6.52. The topological polar surface area (TPSA) is 88.3 Å². The van der Waals surface area contributed by atoms with Gasteiger partial charge in [0, 0.05) is 19.3 Å². The van der Waals surface area contributed by atoms with Gasteiger partial charge in [-0.2, -0.15) is 0 Å². The van der Waals surface area contributed by atoms with Crippen LogP contribution in [0.4, 0.5) is 24.7 Å². The molecule has 0 unspecified atom stereocenters. The van der Waals surface area contributed by atoms with E-state index in [2.05, 4.69) is 10.3 Å². The van der Waals surface area contributed by atoms with E-state index in [1.807, 2.05) is 6.92 Å². The van der Waals surface area contributed by atoms with E-state index in [0.717, 1.165) is 5.56 Å². The number of carbonyl (C=O) groups is 2. The number of anilines is 2. The number of aromatic nitrogens is 1. The van der Waals surface area contributed by atoms with Crippen LogP contribution in [0.1, 0.15) is 21.5 Å². The molecule has 0 atom stereocenters. The monoisotopic (exact) mass is 378 g/mol. The zero-order chi connectivity index (χ0) is 19.9. The molecule has 2 heterocycles. The molecule has 0 aliphatic carbocycles. The summed E-state index contributed by atoms with van der Waals surface area (Å²) in [6, 6.07) is 2.39. The van der Waals surface area contributed by atoms with Gasteiger partial charge in [0.2, 0.25) is 5.91 Å². The Labute approximate surface area is 153 Å². The van der Waals surface area contributed by atoms with Crippen molar-refractivity contribution in [2.24, 2.45) is 11.7 Å². The van der Waals surface area contributed by atoms with Gasteiger partial charge >= 0.3 is 0 Å². The number of likely N-dealkylation sites (tertiary alicyclic amines) is 1. The Morgan fingerprint density at radius 2 is 1.85 bits per heavy atom. The van der Waals surface area contributed by atoms with Crippen molar-refractivity contribution in [2.75, 3.05) is 18.4 Å². The lowest BCUT2D eigenvalue weighted by Gasteiger charge is -2.37. The molecule has 0 saturated carbocycles. The molecule has 6 nitrogen and oxygen atoms in total. The van der Waals surface area contributed by atoms with Crippen molar-refractivity contribution in [1.29, 1.82) is 0 Å². The zero-order valence-corrected chi connectivity index (χ0v) is 14.6. The second-order valence-corrected chi connectivity index (χ2v) is 6.52. The van der Waals surface area contributed by atoms with E-state index in [4.69, 9.17) is 5.73 Å². The number of carbonyl (C=O) groups excluding carboxylic acids is 2. The molecule has 1 fully saturated rings. The number of nitrogens with zero attached hydrogens (tertiary/aromatic N) is 2. The summed E-state index contributed by atoms with van der Waals surface area (Å²) in [6.07, 6.45) is 1.52. The number of nitrogens with two attached hydrogens (primary N) is 1. The summed E-state index contributed by atoms with van der Waals surface area (Å²) in [5, 5.41) is 2.59. The molecule has 3 N–H and O–H groups in total. The molecule has 1 aromatic heterocycles. The number of nitrogens with one attached hydrogen (secondary N) is 1. The minimum absolute atomic E-state index is 0.0377. The lowest BCUT2D eigenvalue weighted by Crippen LogP contribution is -2.54. The highest BCUT2D eigenvalue weighted by Crippen LogP contribution is 2.31. The van der Waals surface area contributed by atoms with E-state index in [1.165, 1.54) is 11.1 Å². The highest BCUT2D eigenvalue weighted by molar-refractivity contribution is 6.01. The molecule has 0 spiro atoms. The number of benzene rings is 1. The first-order valence-corrected chi connectivity index (χ1v) is 8.15. The molecule has 9 heteroatoms. The van der Waals surface area contributed by atoms with Crippen LogP contribution in [0.15, 0.2) is 18.3 Å². The molecule has 27 heavy (non-hydrogen) atoms. The lowest BCUT2D eigenvalue weighted by atomic mass is 9.97. The van der Waals surface area contributed by atoms with Crippen LogP contribution in [0.5, 0.6) is 0 Å². The summed E-state index contributed by atoms with van der Waals surface area (Å²) in [4.78, 5) is 29.0. The Hall–Kier alpha value is -3.10. The Balaban J connectivity index is 1.98. The Bertz CT molecular complexity index is 943. The molecule has 0 radical (unpaired) electrons. The highest BCUT2D eigenvalue weighted by Gasteiger charge is 2.36. The SMILES string of the molecule is Cc1cnc(Nc2c(C(=O)N3CC(C(N)=O)C3)cc(F)c(F)c2F)c(C)c1. The maximum Gasteiger partial charge on any atom is 0.256 e. The summed E-state index contributed by atoms with van der Waals surface area (Å²) in [5.41, 5.74) is 5.75. The molecular weight excluding hydrogens is 361 g/mol. The first kappa shape index (κ1) is 18.7. The van der Waals surface area contributed by atoms with Gasteiger partial charge in [0.1, 0.15) is 5.82 Å². The Morgan fingerprint density at radius 1 is 1.19 bits per heavy atom. The average molecular weight is 378 g/mol. The van der Waals surface area contributed by atoms with Crippen molar-refractivity contribution < 1.29 is 22.8 Å². The number of rotatable bonds is 4. The van der Waals surface area contributed by atoms with Crippen molar-refractivity contribution in [1.82, 2.24) is 9.88 Å². The lowest BCUT2D eigenvalue weighted by molar-refractivity contribution is -0.125. The van der Waals surface area contributed by atoms with Crippen molar-refractivity contribution in [3.63, 3.8) is 0 Å². The van der Waals surface area contributed by atoms with Crippen LogP contribution in [-0.4, -0.2) is 34.8 Å². The van der Waals surface area contributed by atoms with Gasteiger partial charge in [-0.3, -0.25) is 9.59 Å². The van der Waals surface area contributed by atoms with Crippen LogP contribution in [0.3, 0.4) is 0 Å². The largest absolute Gasteiger partial charge is 0.369 e. The highest BCUT2D eigenvalue weighted by atomic mass is 19.2. The molecule has 3 rings (SSSR count). The molecule has 142 valence electrons. The van der Waals surface area contributed by atoms with Crippen LogP contribution in [0, 0.1) is 37.2 Å². The molecule has 1 aliphatic heterocycles. The first-order chi connectivity index (χ1) is 12.7. The third kappa shape index (κ3) is 3.44. The normalized spacial score (nSPS) is 14.0. The number of primary amides is 1. The Kier molecular flexibility index (Phi) is 4.77. The molecule has 2 aromatic rings. The van der Waals surface area contributed by atoms with Crippen molar-refractivity contribution >= 4 is 23.3 Å². The van der Waals surface area contributed by atoms with Gasteiger partial charge in [-0.1, -0.05) is 6.07 Å². The van der Waals surface area contributed by atoms with E-state index in [-0.39, 0.29) is 18.9 Å². The minimum atomic E-state index is -1.70. The average Bonchev–Trinajstić information content (AvgIpc) is 2.55. The summed E-state index contributed by atoms with van der Waals surface area (Å²) in [6.45, 7) is 3.59. The number of hydrogen-bond donors (Lipinski definition) is 2. The summed E-state index contributed by atoms with van der Waals surface area (Å²) in [5.74, 6) is -6.31. The van der Waals surface area contributed by atoms with Crippen molar-refractivity contribution in [3.05, 3.63) is 52.5 Å². The minimum Gasteiger partial charge on any atom is -0.369 e. The summed E-state index contributed by atoms with van der Waals surface area (Å²) < 4.78 is 41.9. The van der Waals surface area contributed by atoms with Gasteiger partial charge in [0.05, 0.1) is 17.2 Å². The smallest absolute Gasteiger partial charge is 0.256 e. The fourth-order valence-electron chi connectivity index (χ4n) is 2.85. The van der Waals surface area contributed by atoms with E-state index in [0.29, 0.717) is 11.6 Å². The second kappa shape index (κ2) is 6.90. The van der Waals surface area contributed by atoms with Crippen molar-refractivity contribution in [2.45, 2.75) is 13.8 Å². The number of amides is 2. The van der Waals surface area contributed by atoms with Gasteiger partial charge in [0.25, 0.3) is 5.91 Å². The van der Waals surface area contributed by atoms with Crippen LogP contribution in [0.25, 0.3) is 0 Å². The number of pyridine rings is 1. The van der Waals surface area contributed by atoms with Gasteiger partial charge in [-0.25, -0.2) is 18.2 Å². The number of halogens is 3. The Morgan fingerprint density at radius 3 is 2.44 bits per heavy atom. The molecule has 2 amide bonds. The van der Waals surface area contributed by atoms with E-state index >= 15 is 0 Å². The third-order valence-corrected chi connectivity index (χ3v) is 4.42. The van der Waals surface area contributed by atoms with Gasteiger partial charge in [-0.15, -0.1) is 0 Å². The maximum absolute atomic E-state index is 14.4. The molecule has 1 saturated heterocycles.